The number of carbonyl (C=O) groups is 1. The fourth-order valence-corrected chi connectivity index (χ4v) is 5.00. The molecule has 0 atom stereocenters. The van der Waals surface area contributed by atoms with Crippen LogP contribution in [0.1, 0.15) is 22.8 Å². The SMILES string of the molecule is CCOc1cccc(NC(=O)c2cc3ccccc3c(N=Nc3cc(C)cc(Cl)c3S(=O)(=O)O)c2O)c1. The molecule has 9 nitrogen and oxygen atoms in total. The lowest BCUT2D eigenvalue weighted by Gasteiger charge is -2.12. The van der Waals surface area contributed by atoms with E-state index < -0.39 is 26.7 Å². The van der Waals surface area contributed by atoms with Crippen molar-refractivity contribution in [2.45, 2.75) is 18.7 Å². The molecule has 0 radical (unpaired) electrons. The lowest BCUT2D eigenvalue weighted by Crippen LogP contribution is -2.12. The summed E-state index contributed by atoms with van der Waals surface area (Å²) in [6.07, 6.45) is 0. The largest absolute Gasteiger partial charge is 0.505 e. The van der Waals surface area contributed by atoms with E-state index in [-0.39, 0.29) is 22.0 Å². The number of phenols is 1. The Bertz CT molecular complexity index is 1650. The topological polar surface area (TPSA) is 138 Å². The molecule has 37 heavy (non-hydrogen) atoms. The number of nitrogens with one attached hydrogen (secondary N) is 1. The maximum Gasteiger partial charge on any atom is 0.298 e. The Morgan fingerprint density at radius 3 is 2.54 bits per heavy atom. The van der Waals surface area contributed by atoms with E-state index in [1.54, 1.807) is 55.5 Å². The third-order valence-corrected chi connectivity index (χ3v) is 6.68. The number of amides is 1. The van der Waals surface area contributed by atoms with E-state index in [4.69, 9.17) is 16.3 Å². The van der Waals surface area contributed by atoms with Crippen molar-refractivity contribution in [2.75, 3.05) is 11.9 Å². The lowest BCUT2D eigenvalue weighted by molar-refractivity contribution is 0.102. The smallest absolute Gasteiger partial charge is 0.298 e. The van der Waals surface area contributed by atoms with Crippen molar-refractivity contribution in [3.8, 4) is 11.5 Å². The first-order valence-electron chi connectivity index (χ1n) is 11.1. The number of rotatable bonds is 7. The Labute approximate surface area is 218 Å². The van der Waals surface area contributed by atoms with E-state index >= 15 is 0 Å². The third-order valence-electron chi connectivity index (χ3n) is 5.33. The molecule has 0 fully saturated rings. The first-order chi connectivity index (χ1) is 17.6. The highest BCUT2D eigenvalue weighted by Crippen LogP contribution is 2.41. The second-order valence-corrected chi connectivity index (χ2v) is 9.79. The molecule has 0 aliphatic carbocycles. The highest BCUT2D eigenvalue weighted by molar-refractivity contribution is 7.86. The van der Waals surface area contributed by atoms with E-state index in [1.807, 2.05) is 6.92 Å². The number of halogens is 1. The predicted molar refractivity (Wildman–Crippen MR) is 141 cm³/mol. The number of hydrogen-bond acceptors (Lipinski definition) is 7. The van der Waals surface area contributed by atoms with Crippen molar-refractivity contribution in [1.82, 2.24) is 0 Å². The molecule has 0 saturated heterocycles. The summed E-state index contributed by atoms with van der Waals surface area (Å²) in [5.41, 5.74) is 0.664. The van der Waals surface area contributed by atoms with Crippen LogP contribution < -0.4 is 10.1 Å². The molecule has 4 rings (SSSR count). The van der Waals surface area contributed by atoms with Crippen LogP contribution in [0.4, 0.5) is 17.1 Å². The van der Waals surface area contributed by atoms with Crippen molar-refractivity contribution >= 4 is 55.5 Å². The molecule has 190 valence electrons. The summed E-state index contributed by atoms with van der Waals surface area (Å²) < 4.78 is 38.9. The van der Waals surface area contributed by atoms with Gasteiger partial charge in [0.05, 0.1) is 17.2 Å². The summed E-state index contributed by atoms with van der Waals surface area (Å²) >= 11 is 6.05. The Morgan fingerprint density at radius 1 is 1.05 bits per heavy atom. The molecule has 3 N–H and O–H groups in total. The molecule has 0 aliphatic rings. The van der Waals surface area contributed by atoms with Crippen molar-refractivity contribution in [2.24, 2.45) is 10.2 Å². The number of aryl methyl sites for hydroxylation is 1. The van der Waals surface area contributed by atoms with Gasteiger partial charge in [0.2, 0.25) is 0 Å². The third kappa shape index (κ3) is 5.72. The van der Waals surface area contributed by atoms with Crippen LogP contribution in [0.3, 0.4) is 0 Å². The van der Waals surface area contributed by atoms with Crippen LogP contribution in [-0.4, -0.2) is 30.6 Å². The van der Waals surface area contributed by atoms with Gasteiger partial charge in [-0.15, -0.1) is 10.2 Å². The van der Waals surface area contributed by atoms with Gasteiger partial charge in [0.25, 0.3) is 16.0 Å². The molecular weight excluding hydrogens is 518 g/mol. The maximum atomic E-state index is 13.1. The summed E-state index contributed by atoms with van der Waals surface area (Å²) in [7, 11) is -4.72. The molecule has 4 aromatic carbocycles. The van der Waals surface area contributed by atoms with E-state index in [0.29, 0.717) is 34.4 Å². The Hall–Kier alpha value is -3.99. The Balaban J connectivity index is 1.81. The second kappa shape index (κ2) is 10.6. The first-order valence-corrected chi connectivity index (χ1v) is 12.9. The molecule has 1 amide bonds. The monoisotopic (exact) mass is 539 g/mol. The standard InChI is InChI=1S/C26H22ClN3O6S/c1-3-36-18-9-6-8-17(14-18)28-26(32)20-13-16-7-4-5-10-19(16)23(24(20)31)30-29-22-12-15(2)11-21(27)25(22)37(33,34)35/h4-14,31H,3H2,1-2H3,(H,28,32)(H,33,34,35). The summed E-state index contributed by atoms with van der Waals surface area (Å²) in [6.45, 7) is 3.97. The van der Waals surface area contributed by atoms with Crippen molar-refractivity contribution < 1.29 is 27.6 Å². The molecule has 0 heterocycles. The van der Waals surface area contributed by atoms with E-state index in [2.05, 4.69) is 15.5 Å². The number of benzene rings is 4. The van der Waals surface area contributed by atoms with Gasteiger partial charge in [-0.3, -0.25) is 9.35 Å². The minimum atomic E-state index is -4.72. The van der Waals surface area contributed by atoms with E-state index in [1.165, 1.54) is 18.2 Å². The number of phenolic OH excluding ortho intramolecular Hbond substituents is 1. The van der Waals surface area contributed by atoms with Gasteiger partial charge in [-0.25, -0.2) is 0 Å². The minimum Gasteiger partial charge on any atom is -0.505 e. The number of anilines is 1. The average molecular weight is 540 g/mol. The number of azo groups is 1. The highest BCUT2D eigenvalue weighted by Gasteiger charge is 2.22. The molecule has 0 unspecified atom stereocenters. The number of nitrogens with zero attached hydrogens (tertiary/aromatic N) is 2. The number of carbonyl (C=O) groups excluding carboxylic acids is 1. The first kappa shape index (κ1) is 26.1. The lowest BCUT2D eigenvalue weighted by atomic mass is 10.0. The fraction of sp³-hybridized carbons (Fsp3) is 0.115. The quantitative estimate of drug-likeness (QED) is 0.174. The highest BCUT2D eigenvalue weighted by atomic mass is 35.5. The molecule has 4 aromatic rings. The van der Waals surface area contributed by atoms with Gasteiger partial charge in [-0.05, 0) is 55.1 Å². The van der Waals surface area contributed by atoms with Crippen LogP contribution in [0, 0.1) is 6.92 Å². The molecular formula is C26H22ClN3O6S. The molecule has 0 saturated carbocycles. The van der Waals surface area contributed by atoms with Gasteiger partial charge in [-0.2, -0.15) is 8.42 Å². The van der Waals surface area contributed by atoms with Gasteiger partial charge in [0.15, 0.2) is 5.75 Å². The van der Waals surface area contributed by atoms with E-state index in [9.17, 15) is 22.9 Å². The zero-order valence-electron chi connectivity index (χ0n) is 19.8. The zero-order valence-corrected chi connectivity index (χ0v) is 21.3. The van der Waals surface area contributed by atoms with Crippen LogP contribution in [0.15, 0.2) is 81.9 Å². The maximum absolute atomic E-state index is 13.1. The van der Waals surface area contributed by atoms with Gasteiger partial charge >= 0.3 is 0 Å². The van der Waals surface area contributed by atoms with E-state index in [0.717, 1.165) is 0 Å². The van der Waals surface area contributed by atoms with Gasteiger partial charge in [0.1, 0.15) is 22.0 Å². The molecule has 0 aliphatic heterocycles. The summed E-state index contributed by atoms with van der Waals surface area (Å²) in [6, 6.07) is 17.9. The summed E-state index contributed by atoms with van der Waals surface area (Å²) in [4.78, 5) is 12.5. The van der Waals surface area contributed by atoms with Crippen LogP contribution in [0.5, 0.6) is 11.5 Å². The van der Waals surface area contributed by atoms with Gasteiger partial charge < -0.3 is 15.2 Å². The second-order valence-electron chi connectivity index (χ2n) is 8.03. The Kier molecular flexibility index (Phi) is 7.44. The Morgan fingerprint density at radius 2 is 1.81 bits per heavy atom. The van der Waals surface area contributed by atoms with Crippen LogP contribution >= 0.6 is 11.6 Å². The number of ether oxygens (including phenoxy) is 1. The summed E-state index contributed by atoms with van der Waals surface area (Å²) in [5, 5.41) is 22.7. The zero-order chi connectivity index (χ0) is 26.7. The normalized spacial score (nSPS) is 11.7. The molecule has 0 bridgehead atoms. The molecule has 0 aromatic heterocycles. The van der Waals surface area contributed by atoms with Crippen molar-refractivity contribution in [1.29, 1.82) is 0 Å². The van der Waals surface area contributed by atoms with Crippen LogP contribution in [-0.2, 0) is 10.1 Å². The fourth-order valence-electron chi connectivity index (χ4n) is 3.76. The van der Waals surface area contributed by atoms with Gasteiger partial charge in [0, 0.05) is 17.1 Å². The number of aromatic hydroxyl groups is 1. The number of fused-ring (bicyclic) bond motifs is 1. The minimum absolute atomic E-state index is 0.0646. The molecule has 0 spiro atoms. The van der Waals surface area contributed by atoms with Crippen LogP contribution in [0.25, 0.3) is 10.8 Å². The predicted octanol–water partition coefficient (Wildman–Crippen LogP) is 6.82. The molecule has 11 heteroatoms. The van der Waals surface area contributed by atoms with Crippen LogP contribution in [0.2, 0.25) is 5.02 Å². The summed E-state index contributed by atoms with van der Waals surface area (Å²) in [5.74, 6) is -0.498. The van der Waals surface area contributed by atoms with Crippen molar-refractivity contribution in [3.63, 3.8) is 0 Å². The van der Waals surface area contributed by atoms with Crippen molar-refractivity contribution in [3.05, 3.63) is 82.9 Å². The average Bonchev–Trinajstić information content (AvgIpc) is 2.82. The number of hydrogen-bond donors (Lipinski definition) is 3. The van der Waals surface area contributed by atoms with Gasteiger partial charge in [-0.1, -0.05) is 41.9 Å².